The number of ether oxygens (including phenoxy) is 1. The van der Waals surface area contributed by atoms with E-state index in [1.165, 1.54) is 6.07 Å². The van der Waals surface area contributed by atoms with Crippen molar-refractivity contribution >= 4 is 9.84 Å². The Kier molecular flexibility index (Phi) is 3.91. The molecule has 0 aliphatic carbocycles. The van der Waals surface area contributed by atoms with Crippen molar-refractivity contribution < 1.29 is 18.3 Å². The summed E-state index contributed by atoms with van der Waals surface area (Å²) in [7, 11) is -3.84. The molecule has 2 aromatic carbocycles. The highest BCUT2D eigenvalue weighted by Crippen LogP contribution is 2.45. The highest BCUT2D eigenvalue weighted by molar-refractivity contribution is 7.91. The van der Waals surface area contributed by atoms with Crippen LogP contribution < -0.4 is 4.74 Å². The van der Waals surface area contributed by atoms with Gasteiger partial charge in [-0.05, 0) is 69.9 Å². The van der Waals surface area contributed by atoms with Crippen molar-refractivity contribution in [3.63, 3.8) is 0 Å². The molecule has 134 valence electrons. The number of sulfone groups is 1. The van der Waals surface area contributed by atoms with E-state index in [9.17, 15) is 13.5 Å². The van der Waals surface area contributed by atoms with Gasteiger partial charge in [0.25, 0.3) is 0 Å². The lowest BCUT2D eigenvalue weighted by molar-refractivity contribution is 0.137. The summed E-state index contributed by atoms with van der Waals surface area (Å²) in [4.78, 5) is 0.238. The van der Waals surface area contributed by atoms with Crippen LogP contribution in [0.3, 0.4) is 0 Å². The predicted molar refractivity (Wildman–Crippen MR) is 97.4 cm³/mol. The van der Waals surface area contributed by atoms with E-state index < -0.39 is 9.84 Å². The minimum Gasteiger partial charge on any atom is -0.506 e. The SMILES string of the molecule is Cc1cccc(S(=O)(=O)c2c(C)c(C)c3c(c2C)CC(C)(C)O3)c1O. The molecular formula is C20H24O4S. The van der Waals surface area contributed by atoms with Gasteiger partial charge in [0.2, 0.25) is 9.84 Å². The third-order valence-corrected chi connectivity index (χ3v) is 7.11. The first-order valence-electron chi connectivity index (χ1n) is 8.32. The van der Waals surface area contributed by atoms with E-state index in [1.54, 1.807) is 26.0 Å². The first-order chi connectivity index (χ1) is 11.5. The lowest BCUT2D eigenvalue weighted by atomic mass is 9.94. The van der Waals surface area contributed by atoms with Crippen LogP contribution in [0, 0.1) is 27.7 Å². The molecule has 1 N–H and O–H groups in total. The zero-order valence-electron chi connectivity index (χ0n) is 15.5. The number of aromatic hydroxyl groups is 1. The van der Waals surface area contributed by atoms with Crippen LogP contribution >= 0.6 is 0 Å². The van der Waals surface area contributed by atoms with Crippen LogP contribution in [-0.4, -0.2) is 19.1 Å². The minimum atomic E-state index is -3.84. The number of hydrogen-bond acceptors (Lipinski definition) is 4. The van der Waals surface area contributed by atoms with Gasteiger partial charge in [0.05, 0.1) is 4.90 Å². The molecule has 25 heavy (non-hydrogen) atoms. The smallest absolute Gasteiger partial charge is 0.210 e. The van der Waals surface area contributed by atoms with Gasteiger partial charge >= 0.3 is 0 Å². The van der Waals surface area contributed by atoms with Gasteiger partial charge < -0.3 is 9.84 Å². The first kappa shape index (κ1) is 17.8. The number of phenolic OH excluding ortho intramolecular Hbond substituents is 1. The molecule has 5 heteroatoms. The maximum Gasteiger partial charge on any atom is 0.210 e. The zero-order chi connectivity index (χ0) is 18.7. The van der Waals surface area contributed by atoms with Crippen LogP contribution in [0.2, 0.25) is 0 Å². The standard InChI is InChI=1S/C20H24O4S/c1-11-8-7-9-16(17(11)21)25(22,23)19-13(3)12(2)18-15(14(19)4)10-20(5,6)24-18/h7-9,21H,10H2,1-6H3. The number of rotatable bonds is 2. The van der Waals surface area contributed by atoms with E-state index >= 15 is 0 Å². The normalized spacial score (nSPS) is 15.8. The van der Waals surface area contributed by atoms with Crippen molar-refractivity contribution in [2.24, 2.45) is 0 Å². The summed E-state index contributed by atoms with van der Waals surface area (Å²) in [5, 5.41) is 10.3. The summed E-state index contributed by atoms with van der Waals surface area (Å²) in [6, 6.07) is 4.80. The number of phenols is 1. The summed E-state index contributed by atoms with van der Waals surface area (Å²) in [6.07, 6.45) is 0.664. The third kappa shape index (κ3) is 2.61. The Labute approximate surface area is 149 Å². The van der Waals surface area contributed by atoms with E-state index in [1.807, 2.05) is 27.7 Å². The Morgan fingerprint density at radius 3 is 2.32 bits per heavy atom. The molecule has 1 heterocycles. The molecule has 0 saturated heterocycles. The number of hydrogen-bond donors (Lipinski definition) is 1. The van der Waals surface area contributed by atoms with Gasteiger partial charge in [-0.25, -0.2) is 8.42 Å². The van der Waals surface area contributed by atoms with Crippen molar-refractivity contribution in [3.8, 4) is 11.5 Å². The van der Waals surface area contributed by atoms with Crippen LogP contribution in [0.1, 0.15) is 41.7 Å². The second-order valence-electron chi connectivity index (χ2n) is 7.48. The van der Waals surface area contributed by atoms with Crippen molar-refractivity contribution in [3.05, 3.63) is 46.0 Å². The Hall–Kier alpha value is -2.01. The van der Waals surface area contributed by atoms with Crippen molar-refractivity contribution in [2.45, 2.75) is 63.4 Å². The van der Waals surface area contributed by atoms with Crippen molar-refractivity contribution in [1.29, 1.82) is 0 Å². The molecule has 0 radical (unpaired) electrons. The van der Waals surface area contributed by atoms with Crippen molar-refractivity contribution in [2.75, 3.05) is 0 Å². The van der Waals surface area contributed by atoms with E-state index in [-0.39, 0.29) is 21.1 Å². The molecule has 0 unspecified atom stereocenters. The van der Waals surface area contributed by atoms with Crippen LogP contribution in [0.15, 0.2) is 28.0 Å². The first-order valence-corrected chi connectivity index (χ1v) is 9.81. The number of para-hydroxylation sites is 1. The summed E-state index contributed by atoms with van der Waals surface area (Å²) in [5.74, 6) is 0.614. The number of benzene rings is 2. The molecule has 0 spiro atoms. The molecule has 0 atom stereocenters. The predicted octanol–water partition coefficient (Wildman–Crippen LogP) is 4.17. The molecule has 3 rings (SSSR count). The number of fused-ring (bicyclic) bond motifs is 1. The topological polar surface area (TPSA) is 63.6 Å². The van der Waals surface area contributed by atoms with Gasteiger partial charge in [-0.2, -0.15) is 0 Å². The third-order valence-electron chi connectivity index (χ3n) is 5.05. The molecule has 0 bridgehead atoms. The molecule has 2 aromatic rings. The summed E-state index contributed by atoms with van der Waals surface area (Å²) < 4.78 is 32.8. The van der Waals surface area contributed by atoms with Gasteiger partial charge in [-0.1, -0.05) is 12.1 Å². The summed E-state index contributed by atoms with van der Waals surface area (Å²) in [6.45, 7) is 11.2. The highest BCUT2D eigenvalue weighted by Gasteiger charge is 2.37. The molecule has 1 aliphatic heterocycles. The molecule has 0 fully saturated rings. The van der Waals surface area contributed by atoms with Gasteiger partial charge in [0.15, 0.2) is 0 Å². The Balaban J connectivity index is 2.33. The summed E-state index contributed by atoms with van der Waals surface area (Å²) in [5.41, 5.74) is 3.37. The van der Waals surface area contributed by atoms with Crippen LogP contribution in [0.4, 0.5) is 0 Å². The van der Waals surface area contributed by atoms with Crippen LogP contribution in [0.25, 0.3) is 0 Å². The monoisotopic (exact) mass is 360 g/mol. The fraction of sp³-hybridized carbons (Fsp3) is 0.400. The van der Waals surface area contributed by atoms with Crippen LogP contribution in [0.5, 0.6) is 11.5 Å². The highest BCUT2D eigenvalue weighted by atomic mass is 32.2. The largest absolute Gasteiger partial charge is 0.506 e. The Bertz CT molecular complexity index is 985. The van der Waals surface area contributed by atoms with Gasteiger partial charge in [0, 0.05) is 12.0 Å². The van der Waals surface area contributed by atoms with Crippen molar-refractivity contribution in [1.82, 2.24) is 0 Å². The van der Waals surface area contributed by atoms with Gasteiger partial charge in [-0.3, -0.25) is 0 Å². The average molecular weight is 360 g/mol. The Morgan fingerprint density at radius 2 is 1.68 bits per heavy atom. The quantitative estimate of drug-likeness (QED) is 0.873. The lowest BCUT2D eigenvalue weighted by Crippen LogP contribution is -2.24. The van der Waals surface area contributed by atoms with Gasteiger partial charge in [0.1, 0.15) is 22.0 Å². The van der Waals surface area contributed by atoms with E-state index in [0.29, 0.717) is 23.1 Å². The van der Waals surface area contributed by atoms with Crippen LogP contribution in [-0.2, 0) is 16.3 Å². The van der Waals surface area contributed by atoms with E-state index in [0.717, 1.165) is 16.9 Å². The fourth-order valence-electron chi connectivity index (χ4n) is 3.61. The minimum absolute atomic E-state index is 0.0452. The average Bonchev–Trinajstić information content (AvgIpc) is 2.84. The maximum atomic E-state index is 13.4. The summed E-state index contributed by atoms with van der Waals surface area (Å²) >= 11 is 0. The molecule has 1 aliphatic rings. The maximum absolute atomic E-state index is 13.4. The molecule has 0 aromatic heterocycles. The van der Waals surface area contributed by atoms with E-state index in [2.05, 4.69) is 0 Å². The second-order valence-corrected chi connectivity index (χ2v) is 9.33. The Morgan fingerprint density at radius 1 is 1.04 bits per heavy atom. The molecule has 0 saturated carbocycles. The number of aryl methyl sites for hydroxylation is 1. The second kappa shape index (κ2) is 5.49. The zero-order valence-corrected chi connectivity index (χ0v) is 16.3. The lowest BCUT2D eigenvalue weighted by Gasteiger charge is -2.19. The molecule has 0 amide bonds. The molecular weight excluding hydrogens is 336 g/mol. The fourth-order valence-corrected chi connectivity index (χ4v) is 5.58. The molecule has 4 nitrogen and oxygen atoms in total. The van der Waals surface area contributed by atoms with Gasteiger partial charge in [-0.15, -0.1) is 0 Å². The van der Waals surface area contributed by atoms with E-state index in [4.69, 9.17) is 4.74 Å².